The number of methoxy groups -OCH3 is 2. The van der Waals surface area contributed by atoms with Crippen molar-refractivity contribution >= 4 is 11.7 Å². The minimum Gasteiger partial charge on any atom is -0.497 e. The smallest absolute Gasteiger partial charge is 0.260 e. The van der Waals surface area contributed by atoms with Gasteiger partial charge in [-0.1, -0.05) is 6.92 Å². The molecule has 0 bridgehead atoms. The van der Waals surface area contributed by atoms with Crippen LogP contribution in [-0.2, 0) is 6.42 Å². The Hall–Kier alpha value is -2.50. The van der Waals surface area contributed by atoms with Gasteiger partial charge >= 0.3 is 0 Å². The molecule has 2 N–H and O–H groups in total. The average molecular weight is 275 g/mol. The minimum absolute atomic E-state index is 0.278. The quantitative estimate of drug-likeness (QED) is 0.877. The van der Waals surface area contributed by atoms with Crippen molar-refractivity contribution in [2.75, 3.05) is 19.5 Å². The second kappa shape index (κ2) is 6.10. The summed E-state index contributed by atoms with van der Waals surface area (Å²) in [6.45, 7) is 1.99. The molecule has 0 radical (unpaired) electrons. The number of H-pyrrole nitrogens is 1. The van der Waals surface area contributed by atoms with Crippen molar-refractivity contribution < 1.29 is 14.3 Å². The molecule has 2 rings (SSSR count). The molecule has 1 heterocycles. The summed E-state index contributed by atoms with van der Waals surface area (Å²) in [5.74, 6) is 1.40. The summed E-state index contributed by atoms with van der Waals surface area (Å²) in [6.07, 6.45) is 2.47. The molecule has 0 saturated heterocycles. The van der Waals surface area contributed by atoms with E-state index in [1.54, 1.807) is 31.5 Å². The lowest BCUT2D eigenvalue weighted by molar-refractivity contribution is 0.102. The second-order valence-electron chi connectivity index (χ2n) is 4.14. The third-order valence-electron chi connectivity index (χ3n) is 2.99. The molecule has 0 atom stereocenters. The van der Waals surface area contributed by atoms with Gasteiger partial charge in [-0.05, 0) is 24.6 Å². The van der Waals surface area contributed by atoms with Crippen LogP contribution in [0.1, 0.15) is 22.8 Å². The van der Waals surface area contributed by atoms with Crippen molar-refractivity contribution in [3.05, 3.63) is 35.5 Å². The first-order chi connectivity index (χ1) is 9.69. The Morgan fingerprint density at radius 3 is 2.80 bits per heavy atom. The van der Waals surface area contributed by atoms with Gasteiger partial charge in [-0.3, -0.25) is 9.89 Å². The molecule has 0 fully saturated rings. The van der Waals surface area contributed by atoms with E-state index in [9.17, 15) is 4.79 Å². The molecule has 6 heteroatoms. The number of hydrogen-bond donors (Lipinski definition) is 2. The van der Waals surface area contributed by atoms with Gasteiger partial charge in [-0.15, -0.1) is 0 Å². The maximum absolute atomic E-state index is 12.3. The lowest BCUT2D eigenvalue weighted by atomic mass is 10.1. The maximum atomic E-state index is 12.3. The monoisotopic (exact) mass is 275 g/mol. The van der Waals surface area contributed by atoms with Crippen molar-refractivity contribution in [1.82, 2.24) is 10.2 Å². The van der Waals surface area contributed by atoms with Crippen LogP contribution in [0.25, 0.3) is 0 Å². The van der Waals surface area contributed by atoms with E-state index in [4.69, 9.17) is 9.47 Å². The molecule has 1 amide bonds. The molecule has 106 valence electrons. The number of aryl methyl sites for hydroxylation is 1. The van der Waals surface area contributed by atoms with E-state index in [-0.39, 0.29) is 5.91 Å². The fraction of sp³-hybridized carbons (Fsp3) is 0.286. The molecule has 1 aromatic heterocycles. The zero-order chi connectivity index (χ0) is 14.5. The van der Waals surface area contributed by atoms with Crippen molar-refractivity contribution in [2.45, 2.75) is 13.3 Å². The summed E-state index contributed by atoms with van der Waals surface area (Å²) in [4.78, 5) is 12.3. The van der Waals surface area contributed by atoms with Crippen molar-refractivity contribution in [3.8, 4) is 11.5 Å². The predicted octanol–water partition coefficient (Wildman–Crippen LogP) is 2.24. The van der Waals surface area contributed by atoms with Crippen LogP contribution in [0.4, 0.5) is 5.82 Å². The zero-order valence-electron chi connectivity index (χ0n) is 11.7. The Labute approximate surface area is 117 Å². The number of ether oxygens (including phenoxy) is 2. The third-order valence-corrected chi connectivity index (χ3v) is 2.99. The van der Waals surface area contributed by atoms with Crippen LogP contribution < -0.4 is 14.8 Å². The summed E-state index contributed by atoms with van der Waals surface area (Å²) < 4.78 is 10.3. The molecule has 0 aliphatic carbocycles. The lowest BCUT2D eigenvalue weighted by Gasteiger charge is -2.10. The number of nitrogens with zero attached hydrogens (tertiary/aromatic N) is 1. The Bertz CT molecular complexity index is 607. The van der Waals surface area contributed by atoms with E-state index in [0.717, 1.165) is 12.0 Å². The van der Waals surface area contributed by atoms with Gasteiger partial charge in [0.25, 0.3) is 5.91 Å². The number of benzene rings is 1. The highest BCUT2D eigenvalue weighted by Crippen LogP contribution is 2.25. The van der Waals surface area contributed by atoms with Gasteiger partial charge < -0.3 is 14.8 Å². The first-order valence-corrected chi connectivity index (χ1v) is 6.25. The molecule has 0 spiro atoms. The van der Waals surface area contributed by atoms with Crippen LogP contribution in [0.5, 0.6) is 11.5 Å². The molecule has 2 aromatic rings. The standard InChI is InChI=1S/C14H17N3O3/c1-4-9-8-15-17-13(9)16-14(18)11-7-10(19-2)5-6-12(11)20-3/h5-8H,4H2,1-3H3,(H2,15,16,17,18). The Balaban J connectivity index is 2.28. The van der Waals surface area contributed by atoms with Crippen molar-refractivity contribution in [1.29, 1.82) is 0 Å². The largest absolute Gasteiger partial charge is 0.497 e. The highest BCUT2D eigenvalue weighted by atomic mass is 16.5. The van der Waals surface area contributed by atoms with Crippen molar-refractivity contribution in [2.24, 2.45) is 0 Å². The minimum atomic E-state index is -0.278. The van der Waals surface area contributed by atoms with E-state index in [0.29, 0.717) is 22.9 Å². The summed E-state index contributed by atoms with van der Waals surface area (Å²) in [7, 11) is 3.07. The van der Waals surface area contributed by atoms with Crippen LogP contribution >= 0.6 is 0 Å². The fourth-order valence-electron chi connectivity index (χ4n) is 1.86. The number of anilines is 1. The van der Waals surface area contributed by atoms with Crippen LogP contribution in [0.2, 0.25) is 0 Å². The van der Waals surface area contributed by atoms with Crippen LogP contribution in [-0.4, -0.2) is 30.3 Å². The van der Waals surface area contributed by atoms with Gasteiger partial charge in [0.2, 0.25) is 0 Å². The molecule has 6 nitrogen and oxygen atoms in total. The number of aromatic nitrogens is 2. The predicted molar refractivity (Wildman–Crippen MR) is 75.5 cm³/mol. The summed E-state index contributed by atoms with van der Waals surface area (Å²) in [6, 6.07) is 5.07. The van der Waals surface area contributed by atoms with E-state index in [1.807, 2.05) is 6.92 Å². The Morgan fingerprint density at radius 1 is 1.35 bits per heavy atom. The Kier molecular flexibility index (Phi) is 4.24. The van der Waals surface area contributed by atoms with Gasteiger partial charge in [0.15, 0.2) is 0 Å². The molecular formula is C14H17N3O3. The SMILES string of the molecule is CCc1cn[nH]c1NC(=O)c1cc(OC)ccc1OC. The average Bonchev–Trinajstić information content (AvgIpc) is 2.93. The number of amides is 1. The number of carbonyl (C=O) groups is 1. The topological polar surface area (TPSA) is 76.2 Å². The summed E-state index contributed by atoms with van der Waals surface area (Å²) in [5, 5.41) is 9.48. The first-order valence-electron chi connectivity index (χ1n) is 6.25. The molecule has 0 aliphatic heterocycles. The second-order valence-corrected chi connectivity index (χ2v) is 4.14. The summed E-state index contributed by atoms with van der Waals surface area (Å²) in [5.41, 5.74) is 1.35. The highest BCUT2D eigenvalue weighted by Gasteiger charge is 2.15. The maximum Gasteiger partial charge on any atom is 0.260 e. The molecule has 1 aromatic carbocycles. The number of rotatable bonds is 5. The normalized spacial score (nSPS) is 10.2. The van der Waals surface area contributed by atoms with Crippen LogP contribution in [0, 0.1) is 0 Å². The van der Waals surface area contributed by atoms with E-state index >= 15 is 0 Å². The molecule has 0 unspecified atom stereocenters. The van der Waals surface area contributed by atoms with Gasteiger partial charge in [0, 0.05) is 5.56 Å². The lowest BCUT2D eigenvalue weighted by Crippen LogP contribution is -2.14. The Morgan fingerprint density at radius 2 is 2.15 bits per heavy atom. The molecule has 20 heavy (non-hydrogen) atoms. The highest BCUT2D eigenvalue weighted by molar-refractivity contribution is 6.06. The summed E-state index contributed by atoms with van der Waals surface area (Å²) >= 11 is 0. The molecule has 0 saturated carbocycles. The molecular weight excluding hydrogens is 258 g/mol. The van der Waals surface area contributed by atoms with Gasteiger partial charge in [-0.25, -0.2) is 0 Å². The van der Waals surface area contributed by atoms with Crippen LogP contribution in [0.3, 0.4) is 0 Å². The van der Waals surface area contributed by atoms with Crippen molar-refractivity contribution in [3.63, 3.8) is 0 Å². The number of hydrogen-bond acceptors (Lipinski definition) is 4. The molecule has 0 aliphatic rings. The number of aromatic amines is 1. The number of nitrogens with one attached hydrogen (secondary N) is 2. The zero-order valence-corrected chi connectivity index (χ0v) is 11.7. The number of carbonyl (C=O) groups excluding carboxylic acids is 1. The third kappa shape index (κ3) is 2.74. The van der Waals surface area contributed by atoms with E-state index in [2.05, 4.69) is 15.5 Å². The van der Waals surface area contributed by atoms with Gasteiger partial charge in [0.1, 0.15) is 17.3 Å². The van der Waals surface area contributed by atoms with E-state index in [1.165, 1.54) is 7.11 Å². The van der Waals surface area contributed by atoms with Crippen LogP contribution in [0.15, 0.2) is 24.4 Å². The van der Waals surface area contributed by atoms with Gasteiger partial charge in [-0.2, -0.15) is 5.10 Å². The van der Waals surface area contributed by atoms with E-state index < -0.39 is 0 Å². The fourth-order valence-corrected chi connectivity index (χ4v) is 1.86. The first kappa shape index (κ1) is 13.9. The van der Waals surface area contributed by atoms with Gasteiger partial charge in [0.05, 0.1) is 26.0 Å².